The Kier molecular flexibility index (Phi) is 7.10. The number of fused-ring (bicyclic) bond motifs is 3. The fourth-order valence-corrected chi connectivity index (χ4v) is 4.59. The summed E-state index contributed by atoms with van der Waals surface area (Å²) in [5.74, 6) is -0.204. The Morgan fingerprint density at radius 2 is 1.46 bits per heavy atom. The maximum Gasteiger partial charge on any atom is 0.407 e. The van der Waals surface area contributed by atoms with Crippen molar-refractivity contribution in [1.29, 1.82) is 0 Å². The predicted octanol–water partition coefficient (Wildman–Crippen LogP) is 4.77. The second-order valence-corrected chi connectivity index (χ2v) is 8.04. The van der Waals surface area contributed by atoms with Gasteiger partial charge in [-0.1, -0.05) is 48.5 Å². The highest BCUT2D eigenvalue weighted by Crippen LogP contribution is 2.45. The number of hydrogen-bond donors (Lipinski definition) is 2. The summed E-state index contributed by atoms with van der Waals surface area (Å²) in [6.07, 6.45) is -1.11. The maximum atomic E-state index is 12.8. The van der Waals surface area contributed by atoms with E-state index in [-0.39, 0.29) is 24.7 Å². The Labute approximate surface area is 203 Å². The van der Waals surface area contributed by atoms with Crippen molar-refractivity contribution < 1.29 is 33.6 Å². The summed E-state index contributed by atoms with van der Waals surface area (Å²) >= 11 is 0. The van der Waals surface area contributed by atoms with E-state index in [1.165, 1.54) is 21.3 Å². The van der Waals surface area contributed by atoms with E-state index in [2.05, 4.69) is 17.4 Å². The molecule has 1 atom stereocenters. The van der Waals surface area contributed by atoms with Gasteiger partial charge >= 0.3 is 12.1 Å². The number of ether oxygens (including phenoxy) is 4. The van der Waals surface area contributed by atoms with E-state index in [0.717, 1.165) is 22.3 Å². The van der Waals surface area contributed by atoms with Crippen LogP contribution in [0.3, 0.4) is 0 Å². The number of alkyl carbamates (subject to hydrolysis) is 1. The van der Waals surface area contributed by atoms with Crippen LogP contribution in [0.15, 0.2) is 60.7 Å². The number of aliphatic carboxylic acids is 1. The molecule has 0 bridgehead atoms. The molecule has 3 aromatic carbocycles. The number of carboxylic acid groups (broad SMARTS) is 1. The van der Waals surface area contributed by atoms with Crippen molar-refractivity contribution in [2.45, 2.75) is 18.4 Å². The lowest BCUT2D eigenvalue weighted by Gasteiger charge is -2.22. The van der Waals surface area contributed by atoms with Gasteiger partial charge in [0.1, 0.15) is 6.61 Å². The van der Waals surface area contributed by atoms with Crippen LogP contribution in [0.4, 0.5) is 4.79 Å². The number of hydrogen-bond acceptors (Lipinski definition) is 6. The van der Waals surface area contributed by atoms with Crippen LogP contribution in [0.2, 0.25) is 0 Å². The molecule has 8 nitrogen and oxygen atoms in total. The van der Waals surface area contributed by atoms with Gasteiger partial charge in [-0.2, -0.15) is 0 Å². The molecule has 0 aliphatic heterocycles. The molecule has 0 fully saturated rings. The standard InChI is InChI=1S/C27H27NO7/c1-32-23-13-12-20(25(33-2)26(23)34-3)22(14-24(29)30)28-27(31)35-15-21-18-10-6-4-8-16(18)17-9-5-7-11-19(17)21/h4-13,21-22H,14-15H2,1-3H3,(H,28,31)(H,29,30)/t22-/m0/s1. The SMILES string of the molecule is COc1ccc([C@H](CC(=O)O)NC(=O)OCC2c3ccccc3-c3ccccc32)c(OC)c1OC. The molecule has 3 aromatic rings. The molecule has 2 N–H and O–H groups in total. The van der Waals surface area contributed by atoms with Crippen molar-refractivity contribution in [3.8, 4) is 28.4 Å². The van der Waals surface area contributed by atoms with Crippen LogP contribution in [-0.4, -0.2) is 45.1 Å². The van der Waals surface area contributed by atoms with Crippen molar-refractivity contribution in [3.63, 3.8) is 0 Å². The highest BCUT2D eigenvalue weighted by Gasteiger charge is 2.30. The number of carbonyl (C=O) groups excluding carboxylic acids is 1. The third kappa shape index (κ3) is 4.73. The lowest BCUT2D eigenvalue weighted by molar-refractivity contribution is -0.137. The molecular formula is C27H27NO7. The van der Waals surface area contributed by atoms with Crippen molar-refractivity contribution in [3.05, 3.63) is 77.4 Å². The molecule has 0 saturated heterocycles. The zero-order valence-electron chi connectivity index (χ0n) is 19.7. The van der Waals surface area contributed by atoms with Crippen LogP contribution in [0.5, 0.6) is 17.2 Å². The van der Waals surface area contributed by atoms with Crippen LogP contribution in [-0.2, 0) is 9.53 Å². The summed E-state index contributed by atoms with van der Waals surface area (Å²) in [5.41, 5.74) is 4.85. The molecule has 0 aromatic heterocycles. The number of methoxy groups -OCH3 is 3. The van der Waals surface area contributed by atoms with Crippen molar-refractivity contribution in [1.82, 2.24) is 5.32 Å². The van der Waals surface area contributed by atoms with E-state index in [1.807, 2.05) is 36.4 Å². The molecule has 182 valence electrons. The molecule has 4 rings (SSSR count). The van der Waals surface area contributed by atoms with Crippen LogP contribution in [0, 0.1) is 0 Å². The van der Waals surface area contributed by atoms with Gasteiger partial charge in [-0.25, -0.2) is 4.79 Å². The van der Waals surface area contributed by atoms with E-state index in [9.17, 15) is 14.7 Å². The maximum absolute atomic E-state index is 12.8. The summed E-state index contributed by atoms with van der Waals surface area (Å²) in [6.45, 7) is 0.114. The molecule has 8 heteroatoms. The van der Waals surface area contributed by atoms with Gasteiger partial charge in [0.25, 0.3) is 0 Å². The molecule has 0 spiro atoms. The Morgan fingerprint density at radius 3 is 2.00 bits per heavy atom. The molecular weight excluding hydrogens is 450 g/mol. The molecule has 1 aliphatic carbocycles. The summed E-state index contributed by atoms with van der Waals surface area (Å²) in [7, 11) is 4.38. The lowest BCUT2D eigenvalue weighted by atomic mass is 9.98. The average Bonchev–Trinajstić information content (AvgIpc) is 3.19. The van der Waals surface area contributed by atoms with E-state index >= 15 is 0 Å². The summed E-state index contributed by atoms with van der Waals surface area (Å²) in [4.78, 5) is 24.4. The first kappa shape index (κ1) is 23.9. The fourth-order valence-electron chi connectivity index (χ4n) is 4.59. The van der Waals surface area contributed by atoms with E-state index in [0.29, 0.717) is 17.1 Å². The largest absolute Gasteiger partial charge is 0.493 e. The molecule has 35 heavy (non-hydrogen) atoms. The Bertz CT molecular complexity index is 1190. The van der Waals surface area contributed by atoms with Crippen LogP contribution in [0.1, 0.15) is 35.1 Å². The van der Waals surface area contributed by atoms with Crippen LogP contribution >= 0.6 is 0 Å². The monoisotopic (exact) mass is 477 g/mol. The molecule has 0 unspecified atom stereocenters. The summed E-state index contributed by atoms with van der Waals surface area (Å²) in [5, 5.41) is 12.2. The van der Waals surface area contributed by atoms with Gasteiger partial charge in [-0.3, -0.25) is 4.79 Å². The van der Waals surface area contributed by atoms with Gasteiger partial charge in [-0.15, -0.1) is 0 Å². The number of benzene rings is 3. The number of carboxylic acids is 1. The third-order valence-electron chi connectivity index (χ3n) is 6.12. The minimum Gasteiger partial charge on any atom is -0.493 e. The van der Waals surface area contributed by atoms with E-state index in [1.54, 1.807) is 12.1 Å². The molecule has 0 heterocycles. The zero-order chi connectivity index (χ0) is 24.9. The fraction of sp³-hybridized carbons (Fsp3) is 0.259. The smallest absolute Gasteiger partial charge is 0.407 e. The summed E-state index contributed by atoms with van der Waals surface area (Å²) in [6, 6.07) is 18.4. The molecule has 1 aliphatic rings. The van der Waals surface area contributed by atoms with E-state index in [4.69, 9.17) is 18.9 Å². The second-order valence-electron chi connectivity index (χ2n) is 8.04. The first-order chi connectivity index (χ1) is 17.0. The second kappa shape index (κ2) is 10.4. The lowest BCUT2D eigenvalue weighted by Crippen LogP contribution is -2.32. The number of rotatable bonds is 9. The van der Waals surface area contributed by atoms with Gasteiger partial charge in [0.05, 0.1) is 33.8 Å². The van der Waals surface area contributed by atoms with Gasteiger partial charge in [-0.05, 0) is 34.4 Å². The molecule has 1 amide bonds. The Balaban J connectivity index is 1.55. The van der Waals surface area contributed by atoms with Gasteiger partial charge in [0.2, 0.25) is 5.75 Å². The van der Waals surface area contributed by atoms with Gasteiger partial charge in [0, 0.05) is 11.5 Å². The van der Waals surface area contributed by atoms with Crippen molar-refractivity contribution >= 4 is 12.1 Å². The van der Waals surface area contributed by atoms with E-state index < -0.39 is 18.1 Å². The van der Waals surface area contributed by atoms with Crippen LogP contribution in [0.25, 0.3) is 11.1 Å². The number of carbonyl (C=O) groups is 2. The number of nitrogens with one attached hydrogen (secondary N) is 1. The third-order valence-corrected chi connectivity index (χ3v) is 6.12. The van der Waals surface area contributed by atoms with Gasteiger partial charge < -0.3 is 29.4 Å². The van der Waals surface area contributed by atoms with Crippen molar-refractivity contribution in [2.24, 2.45) is 0 Å². The minimum atomic E-state index is -1.09. The normalized spacial score (nSPS) is 12.8. The first-order valence-corrected chi connectivity index (χ1v) is 11.1. The van der Waals surface area contributed by atoms with Crippen molar-refractivity contribution in [2.75, 3.05) is 27.9 Å². The average molecular weight is 478 g/mol. The minimum absolute atomic E-state index is 0.110. The number of amides is 1. The van der Waals surface area contributed by atoms with Gasteiger partial charge in [0.15, 0.2) is 11.5 Å². The molecule has 0 saturated carbocycles. The highest BCUT2D eigenvalue weighted by atomic mass is 16.5. The highest BCUT2D eigenvalue weighted by molar-refractivity contribution is 5.79. The first-order valence-electron chi connectivity index (χ1n) is 11.1. The predicted molar refractivity (Wildman–Crippen MR) is 129 cm³/mol. The Hall–Kier alpha value is -4.20. The quantitative estimate of drug-likeness (QED) is 0.458. The molecule has 0 radical (unpaired) electrons. The van der Waals surface area contributed by atoms with Crippen LogP contribution < -0.4 is 19.5 Å². The zero-order valence-corrected chi connectivity index (χ0v) is 19.7. The Morgan fingerprint density at radius 1 is 0.857 bits per heavy atom. The summed E-state index contributed by atoms with van der Waals surface area (Å²) < 4.78 is 21.8. The topological polar surface area (TPSA) is 103 Å².